The van der Waals surface area contributed by atoms with Gasteiger partial charge in [-0.2, -0.15) is 0 Å². The summed E-state index contributed by atoms with van der Waals surface area (Å²) in [5.74, 6) is -0.544. The molecule has 1 amide bonds. The van der Waals surface area contributed by atoms with Crippen LogP contribution in [0.1, 0.15) is 41.0 Å². The molecule has 0 aromatic carbocycles. The maximum Gasteiger partial charge on any atom is 0.308 e. The molecule has 0 aromatic rings. The molecule has 0 aromatic heterocycles. The van der Waals surface area contributed by atoms with Crippen molar-refractivity contribution in [3.05, 3.63) is 0 Å². The molecule has 0 spiro atoms. The topological polar surface area (TPSA) is 64.6 Å². The van der Waals surface area contributed by atoms with Gasteiger partial charge in [-0.1, -0.05) is 13.8 Å². The van der Waals surface area contributed by atoms with Crippen molar-refractivity contribution in [3.63, 3.8) is 0 Å². The molecule has 0 aliphatic carbocycles. The number of carbonyl (C=O) groups is 2. The van der Waals surface area contributed by atoms with Crippen molar-refractivity contribution >= 4 is 11.9 Å². The maximum absolute atomic E-state index is 11.5. The van der Waals surface area contributed by atoms with Gasteiger partial charge in [0.2, 0.25) is 0 Å². The third-order valence-electron chi connectivity index (χ3n) is 2.74. The van der Waals surface area contributed by atoms with Crippen LogP contribution in [-0.4, -0.2) is 37.2 Å². The number of esters is 1. The smallest absolute Gasteiger partial charge is 0.308 e. The molecule has 0 fully saturated rings. The lowest BCUT2D eigenvalue weighted by Gasteiger charge is -2.27. The number of hydrogen-bond acceptors (Lipinski definition) is 4. The van der Waals surface area contributed by atoms with Gasteiger partial charge in [-0.15, -0.1) is 0 Å². The van der Waals surface area contributed by atoms with Gasteiger partial charge in [-0.25, -0.2) is 0 Å². The SMILES string of the molecule is CCC(C)C(=O)OCC(C)OC(C)(C)C(=O)NC. The molecule has 0 bridgehead atoms. The number of nitrogens with one attached hydrogen (secondary N) is 1. The highest BCUT2D eigenvalue weighted by molar-refractivity contribution is 5.83. The van der Waals surface area contributed by atoms with Crippen LogP contribution in [0.15, 0.2) is 0 Å². The van der Waals surface area contributed by atoms with Crippen molar-refractivity contribution < 1.29 is 19.1 Å². The Labute approximate surface area is 109 Å². The number of likely N-dealkylation sites (N-methyl/N-ethyl adjacent to an activating group) is 1. The summed E-state index contributed by atoms with van der Waals surface area (Å²) >= 11 is 0. The number of ether oxygens (including phenoxy) is 2. The number of rotatable bonds is 7. The largest absolute Gasteiger partial charge is 0.463 e. The van der Waals surface area contributed by atoms with E-state index in [2.05, 4.69) is 5.32 Å². The maximum atomic E-state index is 11.5. The molecule has 5 heteroatoms. The molecule has 2 atom stereocenters. The van der Waals surface area contributed by atoms with Gasteiger partial charge in [0, 0.05) is 7.05 Å². The summed E-state index contributed by atoms with van der Waals surface area (Å²) in [4.78, 5) is 23.0. The Morgan fingerprint density at radius 1 is 1.28 bits per heavy atom. The normalized spacial score (nSPS) is 14.8. The molecule has 0 aliphatic heterocycles. The fraction of sp³-hybridized carbons (Fsp3) is 0.846. The molecule has 0 heterocycles. The van der Waals surface area contributed by atoms with Crippen molar-refractivity contribution in [1.82, 2.24) is 5.32 Å². The molecular formula is C13H25NO4. The molecule has 106 valence electrons. The van der Waals surface area contributed by atoms with Crippen LogP contribution >= 0.6 is 0 Å². The van der Waals surface area contributed by atoms with Crippen molar-refractivity contribution in [1.29, 1.82) is 0 Å². The van der Waals surface area contributed by atoms with Gasteiger partial charge < -0.3 is 14.8 Å². The van der Waals surface area contributed by atoms with Gasteiger partial charge >= 0.3 is 5.97 Å². The monoisotopic (exact) mass is 259 g/mol. The van der Waals surface area contributed by atoms with E-state index < -0.39 is 5.60 Å². The van der Waals surface area contributed by atoms with Crippen molar-refractivity contribution in [2.45, 2.75) is 52.7 Å². The summed E-state index contributed by atoms with van der Waals surface area (Å²) in [7, 11) is 1.56. The first-order valence-electron chi connectivity index (χ1n) is 6.31. The van der Waals surface area contributed by atoms with E-state index in [9.17, 15) is 9.59 Å². The highest BCUT2D eigenvalue weighted by atomic mass is 16.6. The molecule has 2 unspecified atom stereocenters. The Kier molecular flexibility index (Phi) is 6.91. The average Bonchev–Trinajstić information content (AvgIpc) is 2.33. The van der Waals surface area contributed by atoms with Crippen LogP contribution in [0.5, 0.6) is 0 Å². The van der Waals surface area contributed by atoms with Crippen LogP contribution in [0.25, 0.3) is 0 Å². The predicted octanol–water partition coefficient (Wildman–Crippen LogP) is 1.51. The van der Waals surface area contributed by atoms with Crippen LogP contribution < -0.4 is 5.32 Å². The minimum Gasteiger partial charge on any atom is -0.463 e. The van der Waals surface area contributed by atoms with Crippen LogP contribution in [0.4, 0.5) is 0 Å². The van der Waals surface area contributed by atoms with Crippen molar-refractivity contribution in [2.24, 2.45) is 5.92 Å². The van der Waals surface area contributed by atoms with Crippen LogP contribution in [-0.2, 0) is 19.1 Å². The van der Waals surface area contributed by atoms with Gasteiger partial charge in [0.15, 0.2) is 0 Å². The molecule has 0 aliphatic rings. The van der Waals surface area contributed by atoms with E-state index in [1.54, 1.807) is 27.8 Å². The third-order valence-corrected chi connectivity index (χ3v) is 2.74. The zero-order valence-electron chi connectivity index (χ0n) is 12.2. The Morgan fingerprint density at radius 3 is 2.28 bits per heavy atom. The quantitative estimate of drug-likeness (QED) is 0.704. The molecule has 5 nitrogen and oxygen atoms in total. The first-order valence-corrected chi connectivity index (χ1v) is 6.31. The fourth-order valence-electron chi connectivity index (χ4n) is 1.40. The van der Waals surface area contributed by atoms with E-state index in [4.69, 9.17) is 9.47 Å². The first kappa shape index (κ1) is 16.9. The lowest BCUT2D eigenvalue weighted by molar-refractivity contribution is -0.162. The Balaban J connectivity index is 4.16. The summed E-state index contributed by atoms with van der Waals surface area (Å²) in [6.45, 7) is 9.04. The lowest BCUT2D eigenvalue weighted by Crippen LogP contribution is -2.45. The van der Waals surface area contributed by atoms with E-state index >= 15 is 0 Å². The number of carbonyl (C=O) groups excluding carboxylic acids is 2. The summed E-state index contributed by atoms with van der Waals surface area (Å²) in [5, 5.41) is 2.53. The first-order chi connectivity index (χ1) is 8.24. The van der Waals surface area contributed by atoms with E-state index in [-0.39, 0.29) is 30.5 Å². The summed E-state index contributed by atoms with van der Waals surface area (Å²) in [6, 6.07) is 0. The van der Waals surface area contributed by atoms with Gasteiger partial charge in [0.05, 0.1) is 12.0 Å². The van der Waals surface area contributed by atoms with Gasteiger partial charge in [0.1, 0.15) is 12.2 Å². The Bertz CT molecular complexity index is 289. The van der Waals surface area contributed by atoms with Crippen LogP contribution in [0.3, 0.4) is 0 Å². The minimum atomic E-state index is -0.934. The molecule has 1 N–H and O–H groups in total. The molecule has 0 radical (unpaired) electrons. The van der Waals surface area contributed by atoms with E-state index in [0.29, 0.717) is 0 Å². The molecule has 0 saturated carbocycles. The van der Waals surface area contributed by atoms with Crippen LogP contribution in [0, 0.1) is 5.92 Å². The van der Waals surface area contributed by atoms with Gasteiger partial charge in [-0.3, -0.25) is 9.59 Å². The zero-order valence-corrected chi connectivity index (χ0v) is 12.2. The highest BCUT2D eigenvalue weighted by Crippen LogP contribution is 2.13. The van der Waals surface area contributed by atoms with Gasteiger partial charge in [0.25, 0.3) is 5.91 Å². The number of hydrogen-bond donors (Lipinski definition) is 1. The third kappa shape index (κ3) is 5.49. The van der Waals surface area contributed by atoms with Gasteiger partial charge in [-0.05, 0) is 27.2 Å². The van der Waals surface area contributed by atoms with Crippen molar-refractivity contribution in [2.75, 3.05) is 13.7 Å². The minimum absolute atomic E-state index is 0.107. The average molecular weight is 259 g/mol. The molecule has 18 heavy (non-hydrogen) atoms. The Hall–Kier alpha value is -1.10. The molecule has 0 rings (SSSR count). The lowest BCUT2D eigenvalue weighted by atomic mass is 10.1. The van der Waals surface area contributed by atoms with E-state index in [0.717, 1.165) is 6.42 Å². The summed E-state index contributed by atoms with van der Waals surface area (Å²) in [5.41, 5.74) is -0.934. The van der Waals surface area contributed by atoms with E-state index in [1.165, 1.54) is 0 Å². The summed E-state index contributed by atoms with van der Waals surface area (Å²) in [6.07, 6.45) is 0.419. The second kappa shape index (κ2) is 7.36. The standard InChI is InChI=1S/C13H25NO4/c1-7-9(2)11(15)17-8-10(3)18-13(4,5)12(16)14-6/h9-10H,7-8H2,1-6H3,(H,14,16). The fourth-order valence-corrected chi connectivity index (χ4v) is 1.40. The molecule has 0 saturated heterocycles. The zero-order chi connectivity index (χ0) is 14.3. The molecular weight excluding hydrogens is 234 g/mol. The highest BCUT2D eigenvalue weighted by Gasteiger charge is 2.30. The predicted molar refractivity (Wildman–Crippen MR) is 69.1 cm³/mol. The Morgan fingerprint density at radius 2 is 1.83 bits per heavy atom. The second-order valence-corrected chi connectivity index (χ2v) is 4.96. The number of amides is 1. The van der Waals surface area contributed by atoms with E-state index in [1.807, 2.05) is 13.8 Å². The second-order valence-electron chi connectivity index (χ2n) is 4.96. The van der Waals surface area contributed by atoms with Crippen molar-refractivity contribution in [3.8, 4) is 0 Å². The van der Waals surface area contributed by atoms with Crippen LogP contribution in [0.2, 0.25) is 0 Å². The summed E-state index contributed by atoms with van der Waals surface area (Å²) < 4.78 is 10.7.